The third-order valence-corrected chi connectivity index (χ3v) is 6.32. The largest absolute Gasteiger partial charge is 1.00 e. The predicted molar refractivity (Wildman–Crippen MR) is 92.8 cm³/mol. The average Bonchev–Trinajstić information content (AvgIpc) is 2.50. The van der Waals surface area contributed by atoms with Crippen molar-refractivity contribution in [2.24, 2.45) is 5.92 Å². The Labute approximate surface area is 189 Å². The SMILES string of the molecule is Br.COc1ccc2c(c1)[C@]13CCCC[C@@H]1[C@H](C2)N(C)CC3.[H-].[K+]. The predicted octanol–water partition coefficient (Wildman–Crippen LogP) is 1.08. The van der Waals surface area contributed by atoms with Gasteiger partial charge in [-0.05, 0) is 68.5 Å². The quantitative estimate of drug-likeness (QED) is 0.664. The molecule has 118 valence electrons. The third-order valence-electron chi connectivity index (χ3n) is 6.32. The fourth-order valence-corrected chi connectivity index (χ4v) is 5.30. The van der Waals surface area contributed by atoms with Crippen molar-refractivity contribution in [1.82, 2.24) is 4.90 Å². The summed E-state index contributed by atoms with van der Waals surface area (Å²) in [6.07, 6.45) is 8.22. The van der Waals surface area contributed by atoms with Crippen LogP contribution in [0.15, 0.2) is 18.2 Å². The number of piperidine rings is 1. The van der Waals surface area contributed by atoms with Gasteiger partial charge in [-0.15, -0.1) is 17.0 Å². The molecule has 22 heavy (non-hydrogen) atoms. The molecular formula is C18H27BrKNO. The van der Waals surface area contributed by atoms with Crippen LogP contribution in [-0.2, 0) is 11.8 Å². The van der Waals surface area contributed by atoms with E-state index in [1.807, 2.05) is 0 Å². The zero-order valence-electron chi connectivity index (χ0n) is 15.1. The molecule has 0 amide bonds. The molecule has 3 aliphatic rings. The van der Waals surface area contributed by atoms with Crippen LogP contribution in [0.5, 0.6) is 5.75 Å². The number of likely N-dealkylation sites (tertiary alicyclic amines) is 1. The number of rotatable bonds is 1. The number of ether oxygens (including phenoxy) is 1. The van der Waals surface area contributed by atoms with Crippen LogP contribution in [0.1, 0.15) is 44.7 Å². The van der Waals surface area contributed by atoms with E-state index in [0.29, 0.717) is 5.41 Å². The number of fused-ring (bicyclic) bond motifs is 1. The average molecular weight is 392 g/mol. The van der Waals surface area contributed by atoms with Crippen molar-refractivity contribution in [3.8, 4) is 5.75 Å². The van der Waals surface area contributed by atoms with Crippen LogP contribution in [0.25, 0.3) is 0 Å². The first kappa shape index (κ1) is 19.4. The number of methoxy groups -OCH3 is 1. The van der Waals surface area contributed by atoms with Crippen LogP contribution in [0.3, 0.4) is 0 Å². The first-order valence-corrected chi connectivity index (χ1v) is 8.12. The van der Waals surface area contributed by atoms with Gasteiger partial charge in [0.05, 0.1) is 7.11 Å². The number of nitrogens with zero attached hydrogens (tertiary/aromatic N) is 1. The first-order valence-electron chi connectivity index (χ1n) is 8.12. The van der Waals surface area contributed by atoms with E-state index in [1.54, 1.807) is 18.2 Å². The first-order chi connectivity index (χ1) is 9.74. The van der Waals surface area contributed by atoms with Gasteiger partial charge < -0.3 is 11.1 Å². The van der Waals surface area contributed by atoms with E-state index in [2.05, 4.69) is 30.1 Å². The second-order valence-electron chi connectivity index (χ2n) is 7.03. The zero-order valence-corrected chi connectivity index (χ0v) is 18.9. The topological polar surface area (TPSA) is 12.5 Å². The molecule has 2 bridgehead atoms. The van der Waals surface area contributed by atoms with Crippen LogP contribution in [0.4, 0.5) is 0 Å². The van der Waals surface area contributed by atoms with Gasteiger partial charge in [0.2, 0.25) is 0 Å². The Hall–Kier alpha value is 1.10. The van der Waals surface area contributed by atoms with E-state index in [0.717, 1.165) is 17.7 Å². The Morgan fingerprint density at radius 2 is 2.09 bits per heavy atom. The standard InChI is InChI=1S/C18H25NO.BrH.K.H/c1-19-10-9-18-8-4-3-5-15(18)17(19)11-13-6-7-14(20-2)12-16(13)18;;;/h6-7,12,15,17H,3-5,8-11H2,1-2H3;1H;;/q;;+1;-1/t15-,17+,18+;;;/m1.../s1. The van der Waals surface area contributed by atoms with Crippen molar-refractivity contribution in [3.63, 3.8) is 0 Å². The van der Waals surface area contributed by atoms with Gasteiger partial charge in [-0.1, -0.05) is 18.9 Å². The smallest absolute Gasteiger partial charge is 1.00 e. The van der Waals surface area contributed by atoms with E-state index < -0.39 is 0 Å². The molecule has 0 N–H and O–H groups in total. The number of hydrogen-bond acceptors (Lipinski definition) is 2. The van der Waals surface area contributed by atoms with Crippen molar-refractivity contribution in [1.29, 1.82) is 0 Å². The van der Waals surface area contributed by atoms with Crippen LogP contribution in [0, 0.1) is 5.92 Å². The molecule has 4 rings (SSSR count). The molecule has 0 spiro atoms. The van der Waals surface area contributed by atoms with Crippen molar-refractivity contribution >= 4 is 17.0 Å². The summed E-state index contributed by atoms with van der Waals surface area (Å²) in [5.74, 6) is 1.91. The molecule has 2 fully saturated rings. The van der Waals surface area contributed by atoms with Crippen LogP contribution < -0.4 is 56.1 Å². The molecule has 4 heteroatoms. The molecule has 0 unspecified atom stereocenters. The second kappa shape index (κ2) is 7.55. The fraction of sp³-hybridized carbons (Fsp3) is 0.667. The van der Waals surface area contributed by atoms with E-state index >= 15 is 0 Å². The van der Waals surface area contributed by atoms with Gasteiger partial charge >= 0.3 is 51.4 Å². The van der Waals surface area contributed by atoms with E-state index in [4.69, 9.17) is 4.74 Å². The minimum Gasteiger partial charge on any atom is -1.00 e. The van der Waals surface area contributed by atoms with E-state index in [1.165, 1.54) is 45.1 Å². The molecule has 0 aromatic heterocycles. The summed E-state index contributed by atoms with van der Waals surface area (Å²) in [6.45, 7) is 1.26. The fourth-order valence-electron chi connectivity index (χ4n) is 5.30. The summed E-state index contributed by atoms with van der Waals surface area (Å²) < 4.78 is 5.51. The molecule has 1 aliphatic heterocycles. The number of likely N-dealkylation sites (N-methyl/N-ethyl adjacent to an activating group) is 1. The summed E-state index contributed by atoms with van der Waals surface area (Å²) >= 11 is 0. The van der Waals surface area contributed by atoms with Crippen molar-refractivity contribution < 1.29 is 57.5 Å². The van der Waals surface area contributed by atoms with Crippen molar-refractivity contribution in [2.75, 3.05) is 20.7 Å². The zero-order chi connectivity index (χ0) is 13.7. The van der Waals surface area contributed by atoms with Gasteiger partial charge in [-0.25, -0.2) is 0 Å². The minimum atomic E-state index is 0. The molecule has 1 saturated heterocycles. The second-order valence-corrected chi connectivity index (χ2v) is 7.03. The summed E-state index contributed by atoms with van der Waals surface area (Å²) in [5.41, 5.74) is 3.67. The Kier molecular flexibility index (Phi) is 6.66. The molecule has 2 aliphatic carbocycles. The maximum atomic E-state index is 5.51. The molecule has 1 saturated carbocycles. The van der Waals surface area contributed by atoms with Crippen LogP contribution >= 0.6 is 17.0 Å². The maximum Gasteiger partial charge on any atom is 1.00 e. The Bertz CT molecular complexity index is 544. The van der Waals surface area contributed by atoms with Gasteiger partial charge in [-0.2, -0.15) is 0 Å². The number of hydrogen-bond donors (Lipinski definition) is 0. The van der Waals surface area contributed by atoms with E-state index in [-0.39, 0.29) is 69.8 Å². The summed E-state index contributed by atoms with van der Waals surface area (Å²) in [6, 6.07) is 7.60. The molecular weight excluding hydrogens is 365 g/mol. The Balaban J connectivity index is 0.000000882. The molecule has 1 aromatic rings. The van der Waals surface area contributed by atoms with Crippen molar-refractivity contribution in [2.45, 2.75) is 50.0 Å². The Morgan fingerprint density at radius 1 is 1.27 bits per heavy atom. The van der Waals surface area contributed by atoms with Gasteiger partial charge in [0.1, 0.15) is 5.75 Å². The van der Waals surface area contributed by atoms with Gasteiger partial charge in [0.15, 0.2) is 0 Å². The third kappa shape index (κ3) is 2.91. The molecule has 2 nitrogen and oxygen atoms in total. The summed E-state index contributed by atoms with van der Waals surface area (Å²) in [7, 11) is 4.12. The van der Waals surface area contributed by atoms with Gasteiger partial charge in [0.25, 0.3) is 0 Å². The van der Waals surface area contributed by atoms with Gasteiger partial charge in [0, 0.05) is 11.5 Å². The monoisotopic (exact) mass is 391 g/mol. The maximum absolute atomic E-state index is 5.51. The van der Waals surface area contributed by atoms with Gasteiger partial charge in [-0.3, -0.25) is 0 Å². The minimum absolute atomic E-state index is 0. The summed E-state index contributed by atoms with van der Waals surface area (Å²) in [4.78, 5) is 2.63. The summed E-state index contributed by atoms with van der Waals surface area (Å²) in [5, 5.41) is 0. The number of benzene rings is 1. The Morgan fingerprint density at radius 3 is 2.86 bits per heavy atom. The van der Waals surface area contributed by atoms with Crippen LogP contribution in [0.2, 0.25) is 0 Å². The molecule has 1 aromatic carbocycles. The van der Waals surface area contributed by atoms with E-state index in [9.17, 15) is 0 Å². The normalized spacial score (nSPS) is 32.8. The molecule has 3 atom stereocenters. The molecule has 1 heterocycles. The number of halogens is 1. The van der Waals surface area contributed by atoms with Crippen molar-refractivity contribution in [3.05, 3.63) is 29.3 Å². The molecule has 0 radical (unpaired) electrons. The van der Waals surface area contributed by atoms with Crippen LogP contribution in [-0.4, -0.2) is 31.6 Å².